The molecule has 0 unspecified atom stereocenters. The van der Waals surface area contributed by atoms with Crippen LogP contribution in [0.4, 0.5) is 11.4 Å². The van der Waals surface area contributed by atoms with Crippen molar-refractivity contribution in [1.82, 2.24) is 0 Å². The first kappa shape index (κ1) is 12.0. The van der Waals surface area contributed by atoms with Crippen molar-refractivity contribution in [1.29, 1.82) is 0 Å². The smallest absolute Gasteiger partial charge is 0.244 e. The van der Waals surface area contributed by atoms with Crippen LogP contribution in [-0.4, -0.2) is 7.11 Å². The fraction of sp³-hybridized carbons (Fsp3) is 0.0625. The molecule has 2 heteroatoms. The predicted molar refractivity (Wildman–Crippen MR) is 74.7 cm³/mol. The van der Waals surface area contributed by atoms with Gasteiger partial charge in [0, 0.05) is 11.4 Å². The van der Waals surface area contributed by atoms with E-state index >= 15 is 0 Å². The van der Waals surface area contributed by atoms with Crippen LogP contribution in [0.2, 0.25) is 0 Å². The van der Waals surface area contributed by atoms with Crippen LogP contribution >= 0.6 is 0 Å². The van der Waals surface area contributed by atoms with E-state index < -0.39 is 0 Å². The number of rotatable bonds is 4. The van der Waals surface area contributed by atoms with Crippen molar-refractivity contribution < 1.29 is 4.74 Å². The Morgan fingerprint density at radius 3 is 1.72 bits per heavy atom. The molecule has 0 radical (unpaired) electrons. The van der Waals surface area contributed by atoms with Gasteiger partial charge in [0.15, 0.2) is 0 Å². The number of hydrogen-bond donors (Lipinski definition) is 0. The van der Waals surface area contributed by atoms with Gasteiger partial charge in [0.2, 0.25) is 5.88 Å². The van der Waals surface area contributed by atoms with Crippen molar-refractivity contribution in [3.63, 3.8) is 0 Å². The number of methoxy groups -OCH3 is 1. The second-order valence-corrected chi connectivity index (χ2v) is 3.69. The monoisotopic (exact) mass is 237 g/mol. The summed E-state index contributed by atoms with van der Waals surface area (Å²) >= 11 is 0. The molecular formula is C16H15NO. The van der Waals surface area contributed by atoms with E-state index in [2.05, 4.69) is 12.3 Å². The number of benzene rings is 2. The van der Waals surface area contributed by atoms with Crippen LogP contribution in [0.15, 0.2) is 78.9 Å². The van der Waals surface area contributed by atoms with Crippen LogP contribution in [0.1, 0.15) is 0 Å². The highest BCUT2D eigenvalue weighted by Gasteiger charge is 2.13. The highest BCUT2D eigenvalue weighted by Crippen LogP contribution is 2.28. The van der Waals surface area contributed by atoms with Crippen LogP contribution in [0.25, 0.3) is 0 Å². The third-order valence-corrected chi connectivity index (χ3v) is 2.58. The summed E-state index contributed by atoms with van der Waals surface area (Å²) in [5, 5.41) is 0. The molecule has 0 N–H and O–H groups in total. The number of nitrogens with zero attached hydrogens (tertiary/aromatic N) is 1. The van der Waals surface area contributed by atoms with E-state index in [4.69, 9.17) is 4.74 Å². The minimum atomic E-state index is 0.576. The van der Waals surface area contributed by atoms with Gasteiger partial charge in [0.25, 0.3) is 0 Å². The Hall–Kier alpha value is -2.44. The Bertz CT molecular complexity index is 502. The number of anilines is 2. The molecule has 0 bridgehead atoms. The molecule has 2 aromatic rings. The second kappa shape index (κ2) is 5.76. The average molecular weight is 237 g/mol. The quantitative estimate of drug-likeness (QED) is 0.586. The predicted octanol–water partition coefficient (Wildman–Crippen LogP) is 4.10. The Kier molecular flexibility index (Phi) is 3.85. The van der Waals surface area contributed by atoms with E-state index in [1.165, 1.54) is 0 Å². The minimum absolute atomic E-state index is 0.576. The van der Waals surface area contributed by atoms with Gasteiger partial charge in [-0.05, 0) is 24.3 Å². The zero-order chi connectivity index (χ0) is 12.8. The van der Waals surface area contributed by atoms with Gasteiger partial charge in [-0.3, -0.25) is 4.90 Å². The minimum Gasteiger partial charge on any atom is -0.476 e. The average Bonchev–Trinajstić information content (AvgIpc) is 2.46. The molecule has 0 aromatic heterocycles. The molecule has 90 valence electrons. The third kappa shape index (κ3) is 2.45. The zero-order valence-electron chi connectivity index (χ0n) is 10.3. The highest BCUT2D eigenvalue weighted by atomic mass is 16.5. The van der Waals surface area contributed by atoms with Crippen molar-refractivity contribution in [2.75, 3.05) is 12.0 Å². The molecular weight excluding hydrogens is 222 g/mol. The van der Waals surface area contributed by atoms with Gasteiger partial charge in [-0.1, -0.05) is 48.7 Å². The topological polar surface area (TPSA) is 12.5 Å². The van der Waals surface area contributed by atoms with Gasteiger partial charge < -0.3 is 4.74 Å². The number of para-hydroxylation sites is 2. The lowest BCUT2D eigenvalue weighted by Crippen LogP contribution is -2.16. The van der Waals surface area contributed by atoms with E-state index in [1.807, 2.05) is 65.6 Å². The summed E-state index contributed by atoms with van der Waals surface area (Å²) in [6, 6.07) is 20.0. The van der Waals surface area contributed by atoms with E-state index in [0.29, 0.717) is 5.88 Å². The Labute approximate surface area is 107 Å². The van der Waals surface area contributed by atoms with Gasteiger partial charge in [-0.2, -0.15) is 0 Å². The Morgan fingerprint density at radius 2 is 1.39 bits per heavy atom. The van der Waals surface area contributed by atoms with E-state index in [1.54, 1.807) is 7.11 Å². The van der Waals surface area contributed by atoms with E-state index in [9.17, 15) is 0 Å². The molecule has 2 nitrogen and oxygen atoms in total. The molecule has 0 aliphatic rings. The summed E-state index contributed by atoms with van der Waals surface area (Å²) in [4.78, 5) is 1.97. The lowest BCUT2D eigenvalue weighted by atomic mass is 10.2. The lowest BCUT2D eigenvalue weighted by Gasteiger charge is -2.24. The number of ether oxygens (including phenoxy) is 1. The largest absolute Gasteiger partial charge is 0.476 e. The Morgan fingerprint density at radius 1 is 0.944 bits per heavy atom. The molecule has 2 aromatic carbocycles. The number of hydrogen-bond acceptors (Lipinski definition) is 2. The summed E-state index contributed by atoms with van der Waals surface area (Å²) in [6.07, 6.45) is 0. The van der Waals surface area contributed by atoms with Crippen LogP contribution in [0.3, 0.4) is 0 Å². The summed E-state index contributed by atoms with van der Waals surface area (Å²) < 4.78 is 5.34. The van der Waals surface area contributed by atoms with Gasteiger partial charge in [-0.25, -0.2) is 0 Å². The van der Waals surface area contributed by atoms with Crippen LogP contribution in [-0.2, 0) is 4.74 Å². The van der Waals surface area contributed by atoms with Crippen molar-refractivity contribution in [2.45, 2.75) is 0 Å². The van der Waals surface area contributed by atoms with Gasteiger partial charge >= 0.3 is 0 Å². The summed E-state index contributed by atoms with van der Waals surface area (Å²) in [5.74, 6) is 0.576. The van der Waals surface area contributed by atoms with Crippen molar-refractivity contribution >= 4 is 11.4 Å². The molecule has 0 atom stereocenters. The molecule has 0 fully saturated rings. The normalized spacial score (nSPS) is 9.39. The maximum absolute atomic E-state index is 5.34. The summed E-state index contributed by atoms with van der Waals surface area (Å²) in [7, 11) is 1.62. The molecule has 0 aliphatic heterocycles. The molecule has 0 aliphatic carbocycles. The third-order valence-electron chi connectivity index (χ3n) is 2.58. The van der Waals surface area contributed by atoms with E-state index in [0.717, 1.165) is 11.4 Å². The second-order valence-electron chi connectivity index (χ2n) is 3.69. The molecule has 0 amide bonds. The molecule has 0 saturated heterocycles. The first-order valence-corrected chi connectivity index (χ1v) is 5.71. The van der Waals surface area contributed by atoms with E-state index in [-0.39, 0.29) is 0 Å². The Balaban J connectivity index is 2.52. The summed E-state index contributed by atoms with van der Waals surface area (Å²) in [5.41, 5.74) is 4.84. The first-order chi connectivity index (χ1) is 8.86. The van der Waals surface area contributed by atoms with Gasteiger partial charge in [-0.15, -0.1) is 0 Å². The van der Waals surface area contributed by atoms with Gasteiger partial charge in [0.1, 0.15) is 0 Å². The van der Waals surface area contributed by atoms with Crippen LogP contribution < -0.4 is 4.90 Å². The molecule has 0 saturated carbocycles. The standard InChI is InChI=1S/C16H15NO/c1-3-16(18-2)17(14-10-6-4-7-11-14)15-12-8-5-9-13-15/h4-13H,1H2,2H3. The molecule has 0 heterocycles. The maximum atomic E-state index is 5.34. The molecule has 2 rings (SSSR count). The van der Waals surface area contributed by atoms with Crippen molar-refractivity contribution in [3.8, 4) is 0 Å². The van der Waals surface area contributed by atoms with Crippen LogP contribution in [0.5, 0.6) is 0 Å². The fourth-order valence-corrected chi connectivity index (χ4v) is 1.78. The zero-order valence-corrected chi connectivity index (χ0v) is 10.3. The summed E-state index contributed by atoms with van der Waals surface area (Å²) in [6.45, 7) is 3.68. The molecule has 0 spiro atoms. The SMILES string of the molecule is C=C=C(OC)N(c1ccccc1)c1ccccc1. The van der Waals surface area contributed by atoms with Crippen molar-refractivity contribution in [3.05, 3.63) is 78.9 Å². The highest BCUT2D eigenvalue weighted by molar-refractivity contribution is 5.66. The lowest BCUT2D eigenvalue weighted by molar-refractivity contribution is 0.287. The van der Waals surface area contributed by atoms with Crippen molar-refractivity contribution in [2.24, 2.45) is 0 Å². The maximum Gasteiger partial charge on any atom is 0.244 e. The first-order valence-electron chi connectivity index (χ1n) is 5.71. The molecule has 18 heavy (non-hydrogen) atoms. The fourth-order valence-electron chi connectivity index (χ4n) is 1.78. The van der Waals surface area contributed by atoms with Crippen LogP contribution in [0, 0.1) is 0 Å². The van der Waals surface area contributed by atoms with Gasteiger partial charge in [0.05, 0.1) is 7.11 Å².